The molecular formula is C43H62N8O13. The Bertz CT molecular complexity index is 1890. The fourth-order valence-electron chi connectivity index (χ4n) is 6.43. The summed E-state index contributed by atoms with van der Waals surface area (Å²) < 4.78 is 0. The molecule has 0 spiro atoms. The van der Waals surface area contributed by atoms with Gasteiger partial charge in [-0.15, -0.1) is 0 Å². The molecule has 21 nitrogen and oxygen atoms in total. The van der Waals surface area contributed by atoms with Crippen molar-refractivity contribution < 1.29 is 63.6 Å². The Morgan fingerprint density at radius 2 is 1.16 bits per heavy atom. The lowest BCUT2D eigenvalue weighted by Gasteiger charge is -2.29. The highest BCUT2D eigenvalue weighted by Crippen LogP contribution is 2.13. The second-order valence-electron chi connectivity index (χ2n) is 15.8. The normalized spacial score (nSPS) is 14.8. The van der Waals surface area contributed by atoms with Gasteiger partial charge in [0.25, 0.3) is 0 Å². The van der Waals surface area contributed by atoms with Crippen molar-refractivity contribution in [2.24, 2.45) is 17.4 Å². The van der Waals surface area contributed by atoms with Gasteiger partial charge in [0.2, 0.25) is 35.4 Å². The van der Waals surface area contributed by atoms with E-state index in [2.05, 4.69) is 31.9 Å². The van der Waals surface area contributed by atoms with Crippen LogP contribution in [0.5, 0.6) is 0 Å². The van der Waals surface area contributed by atoms with Crippen LogP contribution in [0.2, 0.25) is 0 Å². The van der Waals surface area contributed by atoms with Gasteiger partial charge in [-0.2, -0.15) is 0 Å². The highest BCUT2D eigenvalue weighted by molar-refractivity contribution is 5.93. The van der Waals surface area contributed by atoms with E-state index in [-0.39, 0.29) is 57.9 Å². The Morgan fingerprint density at radius 1 is 0.609 bits per heavy atom. The van der Waals surface area contributed by atoms with E-state index < -0.39 is 114 Å². The van der Waals surface area contributed by atoms with Gasteiger partial charge in [-0.25, -0.2) is 4.79 Å². The van der Waals surface area contributed by atoms with Crippen molar-refractivity contribution in [3.63, 3.8) is 0 Å². The number of carboxylic acid groups (broad SMARTS) is 3. The van der Waals surface area contributed by atoms with Crippen LogP contribution in [0.3, 0.4) is 0 Å². The Kier molecular flexibility index (Phi) is 23.1. The van der Waals surface area contributed by atoms with E-state index in [1.54, 1.807) is 62.4 Å². The summed E-state index contributed by atoms with van der Waals surface area (Å²) in [4.78, 5) is 112. The molecule has 6 amide bonds. The SMILES string of the molecule is CC(C)[C@H](NC(=O)[C@@H](N)CCC(=O)O)C(=O)N[C@H](CN[C@@H](Cc1ccccc1)[C@@H](O)CCC(=O)N[C@@H](C)C(=O)N[C@@H](CCC(=O)O)C(=O)N[C@@H](Cc1ccccc1)C(=O)O)CC(N)=O. The molecule has 0 saturated heterocycles. The van der Waals surface area contributed by atoms with E-state index >= 15 is 0 Å². The van der Waals surface area contributed by atoms with Gasteiger partial charge in [-0.1, -0.05) is 74.5 Å². The van der Waals surface area contributed by atoms with E-state index in [9.17, 15) is 58.5 Å². The lowest BCUT2D eigenvalue weighted by Crippen LogP contribution is -2.57. The molecule has 0 aliphatic rings. The van der Waals surface area contributed by atoms with Gasteiger partial charge >= 0.3 is 17.9 Å². The fraction of sp³-hybridized carbons (Fsp3) is 0.512. The van der Waals surface area contributed by atoms with Crippen LogP contribution in [0, 0.1) is 5.92 Å². The highest BCUT2D eigenvalue weighted by atomic mass is 16.4. The minimum Gasteiger partial charge on any atom is -0.481 e. The van der Waals surface area contributed by atoms with Crippen LogP contribution in [-0.4, -0.2) is 129 Å². The van der Waals surface area contributed by atoms with Crippen molar-refractivity contribution in [3.05, 3.63) is 71.8 Å². The lowest BCUT2D eigenvalue weighted by atomic mass is 9.97. The zero-order valence-electron chi connectivity index (χ0n) is 36.2. The van der Waals surface area contributed by atoms with E-state index in [0.29, 0.717) is 5.56 Å². The maximum Gasteiger partial charge on any atom is 0.326 e. The van der Waals surface area contributed by atoms with Gasteiger partial charge in [0.1, 0.15) is 24.2 Å². The van der Waals surface area contributed by atoms with Crippen molar-refractivity contribution in [2.45, 2.75) is 127 Å². The summed E-state index contributed by atoms with van der Waals surface area (Å²) in [5.41, 5.74) is 12.7. The molecule has 0 unspecified atom stereocenters. The van der Waals surface area contributed by atoms with E-state index in [1.165, 1.54) is 6.92 Å². The summed E-state index contributed by atoms with van der Waals surface area (Å²) in [6, 6.07) is 9.34. The maximum atomic E-state index is 13.4. The summed E-state index contributed by atoms with van der Waals surface area (Å²) in [5, 5.41) is 54.9. The molecule has 0 aliphatic carbocycles. The zero-order chi connectivity index (χ0) is 47.9. The number of carbonyl (C=O) groups excluding carboxylic acids is 6. The molecule has 2 rings (SSSR count). The fourth-order valence-corrected chi connectivity index (χ4v) is 6.43. The Morgan fingerprint density at radius 3 is 1.69 bits per heavy atom. The van der Waals surface area contributed by atoms with Crippen LogP contribution < -0.4 is 43.4 Å². The Labute approximate surface area is 370 Å². The summed E-state index contributed by atoms with van der Waals surface area (Å²) in [7, 11) is 0. The van der Waals surface area contributed by atoms with Crippen LogP contribution in [0.4, 0.5) is 0 Å². The first-order chi connectivity index (χ1) is 30.2. The molecule has 14 N–H and O–H groups in total. The van der Waals surface area contributed by atoms with E-state index in [4.69, 9.17) is 16.6 Å². The molecule has 21 heteroatoms. The molecule has 0 fully saturated rings. The molecular weight excluding hydrogens is 837 g/mol. The van der Waals surface area contributed by atoms with Gasteiger partial charge in [0.15, 0.2) is 0 Å². The number of nitrogens with two attached hydrogens (primary N) is 2. The van der Waals surface area contributed by atoms with Crippen LogP contribution in [0.1, 0.15) is 76.8 Å². The molecule has 0 heterocycles. The monoisotopic (exact) mass is 898 g/mol. The summed E-state index contributed by atoms with van der Waals surface area (Å²) in [6.07, 6.45) is -3.26. The minimum atomic E-state index is -1.46. The molecule has 2 aromatic rings. The van der Waals surface area contributed by atoms with Crippen molar-refractivity contribution in [1.29, 1.82) is 0 Å². The number of rotatable bonds is 30. The second kappa shape index (κ2) is 27.6. The van der Waals surface area contributed by atoms with Gasteiger partial charge in [-0.05, 0) is 49.7 Å². The average Bonchev–Trinajstić information content (AvgIpc) is 3.23. The number of amides is 6. The number of hydrogen-bond acceptors (Lipinski definition) is 12. The largest absolute Gasteiger partial charge is 0.481 e. The first kappa shape index (κ1) is 53.7. The predicted molar refractivity (Wildman–Crippen MR) is 231 cm³/mol. The topological polar surface area (TPSA) is 359 Å². The number of benzene rings is 2. The van der Waals surface area contributed by atoms with Gasteiger partial charge in [0, 0.05) is 44.7 Å². The standard InChI is InChI=1S/C43H62N8O13/c1-24(2)38(51-40(60)29(44)14-18-36(55)56)42(62)48-28(22-34(45)53)23-46-31(20-26-10-6-4-7-11-26)33(52)16-17-35(54)47-25(3)39(59)49-30(15-19-37(57)58)41(61)50-32(43(63)64)21-27-12-8-5-9-13-27/h4-13,24-25,28-33,38,46,52H,14-23,44H2,1-3H3,(H2,45,53)(H,47,54)(H,48,62)(H,49,59)(H,50,61)(H,51,60)(H,55,56)(H,57,58)(H,63,64)/t25-,28-,29-,30-,31-,32-,33-,38-/m0/s1. The van der Waals surface area contributed by atoms with Crippen LogP contribution >= 0.6 is 0 Å². The molecule has 352 valence electrons. The molecule has 0 aliphatic heterocycles. The number of aliphatic hydroxyl groups is 1. The first-order valence-corrected chi connectivity index (χ1v) is 20.9. The minimum absolute atomic E-state index is 0.0818. The molecule has 0 radical (unpaired) electrons. The quantitative estimate of drug-likeness (QED) is 0.0433. The van der Waals surface area contributed by atoms with Crippen molar-refractivity contribution >= 4 is 53.4 Å². The van der Waals surface area contributed by atoms with Crippen LogP contribution in [0.15, 0.2) is 60.7 Å². The number of aliphatic carboxylic acids is 3. The molecule has 0 bridgehead atoms. The summed E-state index contributed by atoms with van der Waals surface area (Å²) in [5.74, 6) is -8.83. The molecule has 8 atom stereocenters. The number of carbonyl (C=O) groups is 9. The molecule has 64 heavy (non-hydrogen) atoms. The summed E-state index contributed by atoms with van der Waals surface area (Å²) in [6.45, 7) is 4.55. The number of aliphatic hydroxyl groups excluding tert-OH is 1. The molecule has 2 aromatic carbocycles. The average molecular weight is 899 g/mol. The number of nitrogens with one attached hydrogen (secondary N) is 6. The van der Waals surface area contributed by atoms with Crippen LogP contribution in [0.25, 0.3) is 0 Å². The summed E-state index contributed by atoms with van der Waals surface area (Å²) >= 11 is 0. The zero-order valence-corrected chi connectivity index (χ0v) is 36.2. The van der Waals surface area contributed by atoms with Gasteiger partial charge < -0.3 is 63.8 Å². The molecule has 0 aromatic heterocycles. The maximum absolute atomic E-state index is 13.4. The van der Waals surface area contributed by atoms with Crippen LogP contribution in [-0.2, 0) is 56.0 Å². The van der Waals surface area contributed by atoms with Crippen molar-refractivity contribution in [1.82, 2.24) is 31.9 Å². The number of primary amides is 1. The smallest absolute Gasteiger partial charge is 0.326 e. The van der Waals surface area contributed by atoms with Gasteiger partial charge in [0.05, 0.1) is 18.2 Å². The third-order valence-electron chi connectivity index (χ3n) is 10.1. The van der Waals surface area contributed by atoms with Crippen molar-refractivity contribution in [2.75, 3.05) is 6.54 Å². The third kappa shape index (κ3) is 20.6. The predicted octanol–water partition coefficient (Wildman–Crippen LogP) is -1.31. The van der Waals surface area contributed by atoms with Gasteiger partial charge in [-0.3, -0.25) is 38.4 Å². The number of carboxylic acids is 3. The highest BCUT2D eigenvalue weighted by Gasteiger charge is 2.31. The Hall–Kier alpha value is -6.45. The molecule has 0 saturated carbocycles. The van der Waals surface area contributed by atoms with E-state index in [1.807, 2.05) is 12.1 Å². The lowest BCUT2D eigenvalue weighted by molar-refractivity contribution is -0.143. The van der Waals surface area contributed by atoms with E-state index in [0.717, 1.165) is 5.56 Å². The first-order valence-electron chi connectivity index (χ1n) is 20.9. The number of hydrogen-bond donors (Lipinski definition) is 12. The second-order valence-corrected chi connectivity index (χ2v) is 15.8. The third-order valence-corrected chi connectivity index (χ3v) is 10.1. The van der Waals surface area contributed by atoms with Crippen molar-refractivity contribution in [3.8, 4) is 0 Å². The Balaban J connectivity index is 2.11.